The average Bonchev–Trinajstić information content (AvgIpc) is 2.44. The summed E-state index contributed by atoms with van der Waals surface area (Å²) in [6, 6.07) is 7.48. The van der Waals surface area contributed by atoms with Crippen LogP contribution in [-0.4, -0.2) is 38.1 Å². The van der Waals surface area contributed by atoms with E-state index < -0.39 is 10.0 Å². The second-order valence-electron chi connectivity index (χ2n) is 5.77. The number of hydrogen-bond donors (Lipinski definition) is 1. The number of aryl methyl sites for hydroxylation is 1. The molecule has 1 heterocycles. The number of rotatable bonds is 5. The van der Waals surface area contributed by atoms with Gasteiger partial charge in [0, 0.05) is 24.5 Å². The summed E-state index contributed by atoms with van der Waals surface area (Å²) in [7, 11) is -3.49. The van der Waals surface area contributed by atoms with Crippen LogP contribution in [0, 0.1) is 5.92 Å². The summed E-state index contributed by atoms with van der Waals surface area (Å²) >= 11 is 6.08. The number of sulfonamides is 1. The van der Waals surface area contributed by atoms with Crippen LogP contribution in [0.1, 0.15) is 24.8 Å². The summed E-state index contributed by atoms with van der Waals surface area (Å²) in [5.74, 6) is -0.0755. The lowest BCUT2D eigenvalue weighted by Crippen LogP contribution is -2.42. The van der Waals surface area contributed by atoms with Crippen LogP contribution in [0.15, 0.2) is 24.3 Å². The third kappa shape index (κ3) is 5.26. The largest absolute Gasteiger partial charge is 0.342 e. The van der Waals surface area contributed by atoms with Crippen LogP contribution in [0.3, 0.4) is 0 Å². The molecule has 1 fully saturated rings. The van der Waals surface area contributed by atoms with Gasteiger partial charge in [-0.15, -0.1) is 0 Å². The van der Waals surface area contributed by atoms with Gasteiger partial charge in [-0.25, -0.2) is 13.6 Å². The summed E-state index contributed by atoms with van der Waals surface area (Å²) in [5, 5.41) is 5.76. The quantitative estimate of drug-likeness (QED) is 0.884. The highest BCUT2D eigenvalue weighted by Crippen LogP contribution is 2.20. The molecule has 1 atom stereocenters. The first kappa shape index (κ1) is 17.2. The molecular formula is C15H21ClN2O3S. The zero-order valence-corrected chi connectivity index (χ0v) is 13.9. The van der Waals surface area contributed by atoms with Crippen molar-refractivity contribution in [2.45, 2.75) is 25.7 Å². The molecule has 1 aliphatic rings. The van der Waals surface area contributed by atoms with Gasteiger partial charge in [0.2, 0.25) is 15.9 Å². The fourth-order valence-corrected chi connectivity index (χ4v) is 4.02. The first-order valence-electron chi connectivity index (χ1n) is 7.37. The number of halogens is 1. The molecule has 1 saturated heterocycles. The van der Waals surface area contributed by atoms with Gasteiger partial charge in [0.1, 0.15) is 0 Å². The van der Waals surface area contributed by atoms with E-state index in [4.69, 9.17) is 16.7 Å². The van der Waals surface area contributed by atoms with E-state index in [0.717, 1.165) is 18.4 Å². The van der Waals surface area contributed by atoms with Crippen LogP contribution >= 0.6 is 11.6 Å². The molecule has 22 heavy (non-hydrogen) atoms. The van der Waals surface area contributed by atoms with Gasteiger partial charge in [-0.2, -0.15) is 0 Å². The van der Waals surface area contributed by atoms with E-state index in [-0.39, 0.29) is 17.6 Å². The van der Waals surface area contributed by atoms with Gasteiger partial charge in [0.15, 0.2) is 0 Å². The summed E-state index contributed by atoms with van der Waals surface area (Å²) in [6.07, 6.45) is 2.59. The second-order valence-corrected chi connectivity index (χ2v) is 7.84. The number of amides is 1. The Kier molecular flexibility index (Phi) is 5.83. The van der Waals surface area contributed by atoms with Crippen molar-refractivity contribution in [3.05, 3.63) is 34.9 Å². The smallest absolute Gasteiger partial charge is 0.222 e. The number of nitrogens with zero attached hydrogens (tertiary/aromatic N) is 1. The predicted octanol–water partition coefficient (Wildman–Crippen LogP) is 1.80. The van der Waals surface area contributed by atoms with Crippen molar-refractivity contribution in [2.75, 3.05) is 18.8 Å². The molecule has 0 aliphatic carbocycles. The van der Waals surface area contributed by atoms with Crippen molar-refractivity contribution in [3.63, 3.8) is 0 Å². The number of carbonyl (C=O) groups is 1. The summed E-state index contributed by atoms with van der Waals surface area (Å²) < 4.78 is 22.4. The van der Waals surface area contributed by atoms with E-state index in [9.17, 15) is 13.2 Å². The second kappa shape index (κ2) is 7.44. The van der Waals surface area contributed by atoms with Gasteiger partial charge in [0.25, 0.3) is 0 Å². The molecule has 7 heteroatoms. The first-order chi connectivity index (χ1) is 10.3. The Hall–Kier alpha value is -1.11. The minimum absolute atomic E-state index is 0.0408. The van der Waals surface area contributed by atoms with E-state index in [1.165, 1.54) is 0 Å². The maximum absolute atomic E-state index is 12.3. The standard InChI is InChI=1S/C15H21ClN2O3S/c16-14-6-2-1-5-13(14)7-8-15(19)18-9-3-4-12(10-18)11-22(17,20)21/h1-2,5-6,12H,3-4,7-11H2,(H2,17,20,21)/t12-/m0/s1. The molecule has 2 N–H and O–H groups in total. The maximum atomic E-state index is 12.3. The molecule has 5 nitrogen and oxygen atoms in total. The Morgan fingerprint density at radius 3 is 2.77 bits per heavy atom. The Labute approximate surface area is 136 Å². The molecule has 1 aromatic carbocycles. The molecule has 122 valence electrons. The van der Waals surface area contributed by atoms with Crippen molar-refractivity contribution < 1.29 is 13.2 Å². The van der Waals surface area contributed by atoms with E-state index in [0.29, 0.717) is 31.0 Å². The molecule has 0 radical (unpaired) electrons. The lowest BCUT2D eigenvalue weighted by molar-refractivity contribution is -0.132. The maximum Gasteiger partial charge on any atom is 0.222 e. The van der Waals surface area contributed by atoms with Gasteiger partial charge >= 0.3 is 0 Å². The zero-order valence-electron chi connectivity index (χ0n) is 12.4. The minimum atomic E-state index is -3.49. The normalized spacial score (nSPS) is 19.2. The van der Waals surface area contributed by atoms with Gasteiger partial charge < -0.3 is 4.90 Å². The minimum Gasteiger partial charge on any atom is -0.342 e. The van der Waals surface area contributed by atoms with E-state index in [1.54, 1.807) is 4.90 Å². The van der Waals surface area contributed by atoms with E-state index >= 15 is 0 Å². The predicted molar refractivity (Wildman–Crippen MR) is 87.1 cm³/mol. The van der Waals surface area contributed by atoms with Crippen LogP contribution < -0.4 is 5.14 Å². The molecule has 1 aliphatic heterocycles. The fraction of sp³-hybridized carbons (Fsp3) is 0.533. The highest BCUT2D eigenvalue weighted by molar-refractivity contribution is 7.89. The molecule has 0 spiro atoms. The van der Waals surface area contributed by atoms with Crippen molar-refractivity contribution in [1.82, 2.24) is 4.90 Å². The van der Waals surface area contributed by atoms with Gasteiger partial charge in [-0.05, 0) is 36.8 Å². The van der Waals surface area contributed by atoms with Crippen LogP contribution in [0.2, 0.25) is 5.02 Å². The SMILES string of the molecule is NS(=O)(=O)C[C@H]1CCCN(C(=O)CCc2ccccc2Cl)C1. The Morgan fingerprint density at radius 1 is 1.36 bits per heavy atom. The lowest BCUT2D eigenvalue weighted by Gasteiger charge is -2.32. The molecule has 1 amide bonds. The Bertz CT molecular complexity index is 633. The van der Waals surface area contributed by atoms with Crippen LogP contribution in [0.4, 0.5) is 0 Å². The molecule has 1 aromatic rings. The Balaban J connectivity index is 1.88. The lowest BCUT2D eigenvalue weighted by atomic mass is 9.99. The van der Waals surface area contributed by atoms with Crippen molar-refractivity contribution in [2.24, 2.45) is 11.1 Å². The van der Waals surface area contributed by atoms with Gasteiger partial charge in [0.05, 0.1) is 5.75 Å². The molecule has 0 saturated carbocycles. The average molecular weight is 345 g/mol. The van der Waals surface area contributed by atoms with Crippen LogP contribution in [-0.2, 0) is 21.2 Å². The first-order valence-corrected chi connectivity index (χ1v) is 9.46. The van der Waals surface area contributed by atoms with Gasteiger partial charge in [-0.1, -0.05) is 29.8 Å². The van der Waals surface area contributed by atoms with Crippen molar-refractivity contribution in [3.8, 4) is 0 Å². The van der Waals surface area contributed by atoms with Crippen molar-refractivity contribution >= 4 is 27.5 Å². The van der Waals surface area contributed by atoms with Crippen LogP contribution in [0.25, 0.3) is 0 Å². The highest BCUT2D eigenvalue weighted by atomic mass is 35.5. The number of nitrogens with two attached hydrogens (primary N) is 1. The molecular weight excluding hydrogens is 324 g/mol. The van der Waals surface area contributed by atoms with Crippen LogP contribution in [0.5, 0.6) is 0 Å². The molecule has 0 unspecified atom stereocenters. The topological polar surface area (TPSA) is 80.5 Å². The van der Waals surface area contributed by atoms with E-state index in [1.807, 2.05) is 24.3 Å². The Morgan fingerprint density at radius 2 is 2.09 bits per heavy atom. The highest BCUT2D eigenvalue weighted by Gasteiger charge is 2.26. The molecule has 0 bridgehead atoms. The van der Waals surface area contributed by atoms with Gasteiger partial charge in [-0.3, -0.25) is 4.79 Å². The molecule has 2 rings (SSSR count). The third-order valence-electron chi connectivity index (χ3n) is 3.91. The number of hydrogen-bond acceptors (Lipinski definition) is 3. The summed E-state index contributed by atoms with van der Waals surface area (Å²) in [6.45, 7) is 1.15. The van der Waals surface area contributed by atoms with E-state index in [2.05, 4.69) is 0 Å². The number of piperidine rings is 1. The number of benzene rings is 1. The number of likely N-dealkylation sites (tertiary alicyclic amines) is 1. The van der Waals surface area contributed by atoms with Crippen molar-refractivity contribution in [1.29, 1.82) is 0 Å². The third-order valence-corrected chi connectivity index (χ3v) is 5.21. The monoisotopic (exact) mass is 344 g/mol. The summed E-state index contributed by atoms with van der Waals surface area (Å²) in [4.78, 5) is 14.0. The fourth-order valence-electron chi connectivity index (χ4n) is 2.86. The zero-order chi connectivity index (χ0) is 16.2. The number of carbonyl (C=O) groups excluding carboxylic acids is 1. The number of primary sulfonamides is 1. The summed E-state index contributed by atoms with van der Waals surface area (Å²) in [5.41, 5.74) is 0.954. The molecule has 0 aromatic heterocycles.